The zero-order valence-electron chi connectivity index (χ0n) is 32.6. The van der Waals surface area contributed by atoms with Gasteiger partial charge in [-0.2, -0.15) is 0 Å². The molecule has 0 bridgehead atoms. The van der Waals surface area contributed by atoms with E-state index in [9.17, 15) is 19.0 Å². The Morgan fingerprint density at radius 3 is 1.55 bits per heavy atom. The van der Waals surface area contributed by atoms with E-state index in [1.54, 1.807) is 0 Å². The summed E-state index contributed by atoms with van der Waals surface area (Å²) in [6.07, 6.45) is 40.2. The zero-order valence-corrected chi connectivity index (χ0v) is 33.5. The standard InChI is InChI=1S/C41H76NO8P/c1-3-5-7-9-11-13-15-17-19-21-23-25-27-29-31-33-40(43)47-37-39(38-49-51(45,46)48-36-35-42)50-41(44)34-32-30-28-26-24-22-20-18-16-14-12-10-8-6-4-2/h11,13-14,16-17,19,39H,3-10,12,15,18,20-38,42H2,1-2H3,(H,45,46)/b13-11-,16-14-,19-17-/t39-/m1/s1. The Labute approximate surface area is 312 Å². The number of nitrogens with two attached hydrogens (primary N) is 1. The molecule has 0 aliphatic rings. The summed E-state index contributed by atoms with van der Waals surface area (Å²) >= 11 is 0. The normalized spacial score (nSPS) is 13.7. The van der Waals surface area contributed by atoms with Crippen molar-refractivity contribution in [1.82, 2.24) is 0 Å². The molecule has 0 rings (SSSR count). The number of carbonyl (C=O) groups is 2. The van der Waals surface area contributed by atoms with Gasteiger partial charge in [-0.15, -0.1) is 0 Å². The van der Waals surface area contributed by atoms with Gasteiger partial charge in [0.1, 0.15) is 6.61 Å². The Kier molecular flexibility index (Phi) is 36.7. The Balaban J connectivity index is 4.22. The Morgan fingerprint density at radius 2 is 1.02 bits per heavy atom. The first-order chi connectivity index (χ1) is 24.8. The summed E-state index contributed by atoms with van der Waals surface area (Å²) in [4.78, 5) is 34.8. The van der Waals surface area contributed by atoms with Gasteiger partial charge in [0.2, 0.25) is 0 Å². The molecule has 51 heavy (non-hydrogen) atoms. The maximum atomic E-state index is 12.5. The predicted molar refractivity (Wildman–Crippen MR) is 210 cm³/mol. The molecular weight excluding hydrogens is 665 g/mol. The van der Waals surface area contributed by atoms with Crippen LogP contribution in [-0.2, 0) is 32.7 Å². The van der Waals surface area contributed by atoms with Gasteiger partial charge < -0.3 is 20.1 Å². The van der Waals surface area contributed by atoms with Crippen molar-refractivity contribution in [3.63, 3.8) is 0 Å². The first kappa shape index (κ1) is 49.2. The molecule has 10 heteroatoms. The van der Waals surface area contributed by atoms with E-state index in [2.05, 4.69) is 50.3 Å². The smallest absolute Gasteiger partial charge is 0.462 e. The maximum Gasteiger partial charge on any atom is 0.472 e. The SMILES string of the molecule is CCCCC/C=C\C/C=C\CCCCCCCC(=O)OC[C@H](COP(=O)(O)OCCN)OC(=O)CCCCCCCCC/C=C\CCCCCC. The zero-order chi connectivity index (χ0) is 37.5. The monoisotopic (exact) mass is 742 g/mol. The molecule has 0 aromatic carbocycles. The van der Waals surface area contributed by atoms with Crippen molar-refractivity contribution in [2.45, 2.75) is 187 Å². The molecule has 0 aliphatic heterocycles. The van der Waals surface area contributed by atoms with Crippen LogP contribution in [0.4, 0.5) is 0 Å². The van der Waals surface area contributed by atoms with E-state index in [1.807, 2.05) is 0 Å². The van der Waals surface area contributed by atoms with Crippen molar-refractivity contribution < 1.29 is 37.6 Å². The van der Waals surface area contributed by atoms with E-state index >= 15 is 0 Å². The summed E-state index contributed by atoms with van der Waals surface area (Å²) in [6, 6.07) is 0. The minimum absolute atomic E-state index is 0.0503. The lowest BCUT2D eigenvalue weighted by atomic mass is 10.1. The molecular formula is C41H76NO8P. The molecule has 3 N–H and O–H groups in total. The van der Waals surface area contributed by atoms with Crippen LogP contribution in [0.1, 0.15) is 181 Å². The molecule has 0 aliphatic carbocycles. The summed E-state index contributed by atoms with van der Waals surface area (Å²) in [5.74, 6) is -0.850. The highest BCUT2D eigenvalue weighted by Crippen LogP contribution is 2.43. The summed E-state index contributed by atoms with van der Waals surface area (Å²) in [6.45, 7) is 3.67. The number of allylic oxidation sites excluding steroid dienone is 6. The van der Waals surface area contributed by atoms with Crippen molar-refractivity contribution in [3.8, 4) is 0 Å². The summed E-state index contributed by atoms with van der Waals surface area (Å²) in [5.41, 5.74) is 5.34. The number of hydrogen-bond donors (Lipinski definition) is 2. The molecule has 1 unspecified atom stereocenters. The first-order valence-corrected chi connectivity index (χ1v) is 22.0. The number of rotatable bonds is 38. The Morgan fingerprint density at radius 1 is 0.588 bits per heavy atom. The lowest BCUT2D eigenvalue weighted by Crippen LogP contribution is -2.29. The fourth-order valence-electron chi connectivity index (χ4n) is 5.42. The van der Waals surface area contributed by atoms with E-state index in [-0.39, 0.29) is 32.6 Å². The number of carbonyl (C=O) groups excluding carboxylic acids is 2. The number of hydrogen-bond acceptors (Lipinski definition) is 8. The van der Waals surface area contributed by atoms with Crippen LogP contribution >= 0.6 is 7.82 Å². The van der Waals surface area contributed by atoms with E-state index in [1.165, 1.54) is 77.0 Å². The van der Waals surface area contributed by atoms with Crippen LogP contribution < -0.4 is 5.73 Å². The number of esters is 2. The van der Waals surface area contributed by atoms with Gasteiger partial charge in [0.25, 0.3) is 0 Å². The molecule has 0 radical (unpaired) electrons. The second kappa shape index (κ2) is 38.0. The lowest BCUT2D eigenvalue weighted by molar-refractivity contribution is -0.161. The van der Waals surface area contributed by atoms with Crippen LogP contribution in [-0.4, -0.2) is 49.3 Å². The summed E-state index contributed by atoms with van der Waals surface area (Å²) in [5, 5.41) is 0. The first-order valence-electron chi connectivity index (χ1n) is 20.5. The van der Waals surface area contributed by atoms with E-state index < -0.39 is 32.5 Å². The second-order valence-corrected chi connectivity index (χ2v) is 14.9. The fourth-order valence-corrected chi connectivity index (χ4v) is 6.19. The van der Waals surface area contributed by atoms with Crippen molar-refractivity contribution in [1.29, 1.82) is 0 Å². The topological polar surface area (TPSA) is 134 Å². The number of unbranched alkanes of at least 4 members (excludes halogenated alkanes) is 19. The molecule has 2 atom stereocenters. The molecule has 0 fully saturated rings. The highest BCUT2D eigenvalue weighted by molar-refractivity contribution is 7.47. The minimum atomic E-state index is -4.38. The molecule has 0 heterocycles. The second-order valence-electron chi connectivity index (χ2n) is 13.5. The third-order valence-electron chi connectivity index (χ3n) is 8.50. The maximum absolute atomic E-state index is 12.5. The third-order valence-corrected chi connectivity index (χ3v) is 9.48. The number of phosphoric acid groups is 1. The van der Waals surface area contributed by atoms with Gasteiger partial charge in [-0.05, 0) is 70.6 Å². The van der Waals surface area contributed by atoms with Gasteiger partial charge in [0.15, 0.2) is 6.10 Å². The lowest BCUT2D eigenvalue weighted by Gasteiger charge is -2.19. The van der Waals surface area contributed by atoms with Crippen molar-refractivity contribution >= 4 is 19.8 Å². The quantitative estimate of drug-likeness (QED) is 0.0274. The molecule has 298 valence electrons. The average molecular weight is 742 g/mol. The van der Waals surface area contributed by atoms with Crippen molar-refractivity contribution in [2.75, 3.05) is 26.4 Å². The third kappa shape index (κ3) is 37.8. The molecule has 0 amide bonds. The molecule has 9 nitrogen and oxygen atoms in total. The summed E-state index contributed by atoms with van der Waals surface area (Å²) < 4.78 is 32.7. The highest BCUT2D eigenvalue weighted by atomic mass is 31.2. The van der Waals surface area contributed by atoms with Crippen molar-refractivity contribution in [3.05, 3.63) is 36.5 Å². The highest BCUT2D eigenvalue weighted by Gasteiger charge is 2.26. The van der Waals surface area contributed by atoms with Gasteiger partial charge in [0, 0.05) is 19.4 Å². The van der Waals surface area contributed by atoms with Crippen LogP contribution in [0.25, 0.3) is 0 Å². The molecule has 0 saturated carbocycles. The Hall–Kier alpha value is -1.77. The largest absolute Gasteiger partial charge is 0.472 e. The molecule has 0 aromatic rings. The van der Waals surface area contributed by atoms with E-state index in [0.717, 1.165) is 64.2 Å². The van der Waals surface area contributed by atoms with E-state index in [4.69, 9.17) is 24.3 Å². The molecule has 0 spiro atoms. The van der Waals surface area contributed by atoms with Crippen LogP contribution in [0.5, 0.6) is 0 Å². The molecule has 0 aromatic heterocycles. The average Bonchev–Trinajstić information content (AvgIpc) is 3.11. The van der Waals surface area contributed by atoms with E-state index in [0.29, 0.717) is 12.8 Å². The van der Waals surface area contributed by atoms with Gasteiger partial charge >= 0.3 is 19.8 Å². The van der Waals surface area contributed by atoms with Crippen LogP contribution in [0.3, 0.4) is 0 Å². The fraction of sp³-hybridized carbons (Fsp3) is 0.805. The van der Waals surface area contributed by atoms with Crippen LogP contribution in [0, 0.1) is 0 Å². The predicted octanol–water partition coefficient (Wildman–Crippen LogP) is 11.4. The molecule has 0 saturated heterocycles. The van der Waals surface area contributed by atoms with Gasteiger partial charge in [-0.25, -0.2) is 4.57 Å². The minimum Gasteiger partial charge on any atom is -0.462 e. The Bertz CT molecular complexity index is 939. The van der Waals surface area contributed by atoms with Gasteiger partial charge in [-0.1, -0.05) is 134 Å². The van der Waals surface area contributed by atoms with Crippen LogP contribution in [0.2, 0.25) is 0 Å². The van der Waals surface area contributed by atoms with Crippen molar-refractivity contribution in [2.24, 2.45) is 5.73 Å². The summed E-state index contributed by atoms with van der Waals surface area (Å²) in [7, 11) is -4.38. The van der Waals surface area contributed by atoms with Gasteiger partial charge in [-0.3, -0.25) is 18.6 Å². The van der Waals surface area contributed by atoms with Gasteiger partial charge in [0.05, 0.1) is 13.2 Å². The number of ether oxygens (including phenoxy) is 2. The van der Waals surface area contributed by atoms with Crippen LogP contribution in [0.15, 0.2) is 36.5 Å². The number of phosphoric ester groups is 1.